The summed E-state index contributed by atoms with van der Waals surface area (Å²) in [5.74, 6) is 0.987. The highest BCUT2D eigenvalue weighted by molar-refractivity contribution is 6.16. The summed E-state index contributed by atoms with van der Waals surface area (Å²) in [6, 6.07) is 6.45. The molecule has 2 aromatic carbocycles. The molecule has 0 amide bonds. The minimum absolute atomic E-state index is 0.0612. The summed E-state index contributed by atoms with van der Waals surface area (Å²) >= 11 is 0. The van der Waals surface area contributed by atoms with E-state index in [-0.39, 0.29) is 11.3 Å². The number of benzene rings is 2. The predicted molar refractivity (Wildman–Crippen MR) is 102 cm³/mol. The van der Waals surface area contributed by atoms with Gasteiger partial charge in [-0.2, -0.15) is 0 Å². The van der Waals surface area contributed by atoms with Gasteiger partial charge in [0, 0.05) is 17.5 Å². The average Bonchev–Trinajstić information content (AvgIpc) is 2.99. The van der Waals surface area contributed by atoms with Gasteiger partial charge in [0.25, 0.3) is 0 Å². The van der Waals surface area contributed by atoms with E-state index in [4.69, 9.17) is 18.3 Å². The van der Waals surface area contributed by atoms with Crippen LogP contribution in [0.1, 0.15) is 19.4 Å². The van der Waals surface area contributed by atoms with Crippen LogP contribution < -0.4 is 15.1 Å². The Labute approximate surface area is 153 Å². The van der Waals surface area contributed by atoms with Crippen LogP contribution in [0, 0.1) is 0 Å². The van der Waals surface area contributed by atoms with Gasteiger partial charge in [-0.3, -0.25) is 0 Å². The second-order valence-electron chi connectivity index (χ2n) is 7.11. The zero-order valence-electron chi connectivity index (χ0n) is 15.0. The summed E-state index contributed by atoms with van der Waals surface area (Å²) in [5, 5.41) is 11.3. The molecule has 0 bridgehead atoms. The van der Waals surface area contributed by atoms with Gasteiger partial charge < -0.3 is 23.4 Å². The van der Waals surface area contributed by atoms with Crippen molar-refractivity contribution in [1.82, 2.24) is 0 Å². The zero-order valence-corrected chi connectivity index (χ0v) is 15.0. The molecule has 0 fully saturated rings. The van der Waals surface area contributed by atoms with Gasteiger partial charge in [0.1, 0.15) is 44.8 Å². The molecule has 1 aliphatic heterocycles. The average molecular weight is 364 g/mol. The van der Waals surface area contributed by atoms with Gasteiger partial charge in [0.2, 0.25) is 0 Å². The van der Waals surface area contributed by atoms with E-state index in [1.807, 2.05) is 32.1 Å². The molecule has 136 valence electrons. The van der Waals surface area contributed by atoms with Crippen molar-refractivity contribution in [2.75, 3.05) is 7.11 Å². The van der Waals surface area contributed by atoms with Crippen molar-refractivity contribution >= 4 is 39.0 Å². The lowest BCUT2D eigenvalue weighted by molar-refractivity contribution is 0.159. The van der Waals surface area contributed by atoms with Crippen molar-refractivity contribution in [3.05, 3.63) is 46.3 Å². The van der Waals surface area contributed by atoms with E-state index < -0.39 is 11.2 Å². The third-order valence-corrected chi connectivity index (χ3v) is 4.79. The van der Waals surface area contributed by atoms with Crippen LogP contribution in [-0.2, 0) is 0 Å². The lowest BCUT2D eigenvalue weighted by Gasteiger charge is -2.27. The first-order valence-corrected chi connectivity index (χ1v) is 8.49. The maximum absolute atomic E-state index is 12.7. The van der Waals surface area contributed by atoms with Gasteiger partial charge in [0.05, 0.1) is 12.7 Å². The van der Waals surface area contributed by atoms with E-state index in [2.05, 4.69) is 0 Å². The van der Waals surface area contributed by atoms with E-state index in [0.29, 0.717) is 38.8 Å². The van der Waals surface area contributed by atoms with Crippen molar-refractivity contribution in [1.29, 1.82) is 0 Å². The molecule has 0 saturated carbocycles. The SMILES string of the molecule is COc1cc(O)cc2oc(=O)c3c4ccc5c(c4oc3c12)C=CC(C)(C)O5. The highest BCUT2D eigenvalue weighted by Crippen LogP contribution is 2.43. The fourth-order valence-electron chi connectivity index (χ4n) is 3.58. The highest BCUT2D eigenvalue weighted by Gasteiger charge is 2.26. The normalized spacial score (nSPS) is 15.2. The van der Waals surface area contributed by atoms with Crippen LogP contribution in [0.2, 0.25) is 0 Å². The number of ether oxygens (including phenoxy) is 2. The molecule has 2 aromatic heterocycles. The Balaban J connectivity index is 1.97. The molecule has 27 heavy (non-hydrogen) atoms. The van der Waals surface area contributed by atoms with E-state index in [1.54, 1.807) is 6.07 Å². The van der Waals surface area contributed by atoms with Crippen LogP contribution in [0.25, 0.3) is 39.0 Å². The molecule has 0 spiro atoms. The summed E-state index contributed by atoms with van der Waals surface area (Å²) in [4.78, 5) is 12.7. The summed E-state index contributed by atoms with van der Waals surface area (Å²) in [5.41, 5.74) is 0.923. The zero-order chi connectivity index (χ0) is 18.9. The Hall–Kier alpha value is -3.41. The molecule has 5 rings (SSSR count). The van der Waals surface area contributed by atoms with E-state index in [9.17, 15) is 9.90 Å². The van der Waals surface area contributed by atoms with E-state index in [1.165, 1.54) is 19.2 Å². The smallest absolute Gasteiger partial charge is 0.348 e. The third-order valence-electron chi connectivity index (χ3n) is 4.79. The number of methoxy groups -OCH3 is 1. The number of phenols is 1. The Morgan fingerprint density at radius 2 is 1.89 bits per heavy atom. The van der Waals surface area contributed by atoms with Crippen molar-refractivity contribution in [2.24, 2.45) is 0 Å². The summed E-state index contributed by atoms with van der Waals surface area (Å²) in [6.45, 7) is 3.93. The number of furan rings is 1. The predicted octanol–water partition coefficient (Wildman–Crippen LogP) is 4.59. The molecule has 4 aromatic rings. The maximum atomic E-state index is 12.7. The topological polar surface area (TPSA) is 82.0 Å². The third kappa shape index (κ3) is 2.16. The second-order valence-corrected chi connectivity index (χ2v) is 7.11. The molecule has 0 radical (unpaired) electrons. The van der Waals surface area contributed by atoms with Crippen molar-refractivity contribution in [3.63, 3.8) is 0 Å². The minimum atomic E-state index is -0.537. The molecule has 1 N–H and O–H groups in total. The van der Waals surface area contributed by atoms with Crippen molar-refractivity contribution < 1.29 is 23.4 Å². The second kappa shape index (κ2) is 5.07. The summed E-state index contributed by atoms with van der Waals surface area (Å²) in [6.07, 6.45) is 3.89. The monoisotopic (exact) mass is 364 g/mol. The Bertz CT molecular complexity index is 1340. The minimum Gasteiger partial charge on any atom is -0.508 e. The first-order chi connectivity index (χ1) is 12.9. The van der Waals surface area contributed by atoms with Crippen LogP contribution >= 0.6 is 0 Å². The van der Waals surface area contributed by atoms with Gasteiger partial charge in [-0.05, 0) is 38.1 Å². The molecular weight excluding hydrogens is 348 g/mol. The van der Waals surface area contributed by atoms with Crippen LogP contribution in [-0.4, -0.2) is 17.8 Å². The fourth-order valence-corrected chi connectivity index (χ4v) is 3.58. The molecule has 6 nitrogen and oxygen atoms in total. The molecule has 1 aliphatic rings. The number of aromatic hydroxyl groups is 1. The van der Waals surface area contributed by atoms with Gasteiger partial charge in [0.15, 0.2) is 5.58 Å². The Morgan fingerprint density at radius 3 is 2.67 bits per heavy atom. The number of fused-ring (bicyclic) bond motifs is 7. The number of rotatable bonds is 1. The van der Waals surface area contributed by atoms with Crippen LogP contribution in [0.3, 0.4) is 0 Å². The molecule has 0 saturated heterocycles. The summed E-state index contributed by atoms with van der Waals surface area (Å²) < 4.78 is 22.9. The highest BCUT2D eigenvalue weighted by atomic mass is 16.5. The number of phenolic OH excluding ortho intramolecular Hbond substituents is 1. The van der Waals surface area contributed by atoms with Crippen molar-refractivity contribution in [3.8, 4) is 17.2 Å². The fraction of sp³-hybridized carbons (Fsp3) is 0.190. The number of hydrogen-bond donors (Lipinski definition) is 1. The van der Waals surface area contributed by atoms with E-state index >= 15 is 0 Å². The first-order valence-electron chi connectivity index (χ1n) is 8.49. The molecular formula is C21H16O6. The van der Waals surface area contributed by atoms with E-state index in [0.717, 1.165) is 5.56 Å². The largest absolute Gasteiger partial charge is 0.508 e. The molecule has 0 atom stereocenters. The number of hydrogen-bond acceptors (Lipinski definition) is 6. The van der Waals surface area contributed by atoms with Gasteiger partial charge in [-0.15, -0.1) is 0 Å². The van der Waals surface area contributed by atoms with Gasteiger partial charge in [-0.25, -0.2) is 4.79 Å². The molecule has 0 unspecified atom stereocenters. The van der Waals surface area contributed by atoms with Gasteiger partial charge in [-0.1, -0.05) is 0 Å². The Morgan fingerprint density at radius 1 is 1.07 bits per heavy atom. The standard InChI is InChI=1S/C21H16O6/c1-21(2)7-6-11-13(27-21)5-4-12-16-19(26-18(11)12)17-14(24-3)8-10(22)9-15(17)25-20(16)23/h4-9,22H,1-3H3. The lowest BCUT2D eigenvalue weighted by atomic mass is 10.0. The van der Waals surface area contributed by atoms with Crippen LogP contribution in [0.15, 0.2) is 44.0 Å². The van der Waals surface area contributed by atoms with Crippen LogP contribution in [0.4, 0.5) is 0 Å². The van der Waals surface area contributed by atoms with Crippen molar-refractivity contribution in [2.45, 2.75) is 19.4 Å². The first kappa shape index (κ1) is 15.8. The van der Waals surface area contributed by atoms with Gasteiger partial charge >= 0.3 is 5.63 Å². The summed E-state index contributed by atoms with van der Waals surface area (Å²) in [7, 11) is 1.48. The lowest BCUT2D eigenvalue weighted by Crippen LogP contribution is -2.27. The maximum Gasteiger partial charge on any atom is 0.348 e. The molecule has 0 aliphatic carbocycles. The Kier molecular flexibility index (Phi) is 2.97. The molecule has 3 heterocycles. The quantitative estimate of drug-likeness (QED) is 0.498. The molecule has 6 heteroatoms. The van der Waals surface area contributed by atoms with Crippen LogP contribution in [0.5, 0.6) is 17.2 Å².